The fourth-order valence-corrected chi connectivity index (χ4v) is 0.577. The lowest BCUT2D eigenvalue weighted by Crippen LogP contribution is -2.43. The molecule has 0 bridgehead atoms. The molecule has 12 heavy (non-hydrogen) atoms. The molecule has 6 nitrogen and oxygen atoms in total. The highest BCUT2D eigenvalue weighted by molar-refractivity contribution is 5.87. The molecule has 0 aromatic carbocycles. The Hall–Kier alpha value is -0.530. The molecule has 0 unspecified atom stereocenters. The van der Waals surface area contributed by atoms with E-state index in [0.29, 0.717) is 0 Å². The average Bonchev–Trinajstić information content (AvgIpc) is 2.12. The van der Waals surface area contributed by atoms with Gasteiger partial charge in [-0.2, -0.15) is 0 Å². The zero-order valence-corrected chi connectivity index (χ0v) is 6.29. The summed E-state index contributed by atoms with van der Waals surface area (Å²) in [4.78, 5) is 10.7. The maximum Gasteiger partial charge on any atom is 0.194 e. The Morgan fingerprint density at radius 2 is 1.58 bits per heavy atom. The molecule has 0 aromatic rings. The van der Waals surface area contributed by atoms with Crippen LogP contribution in [0.4, 0.5) is 0 Å². The third-order valence-corrected chi connectivity index (χ3v) is 1.34. The van der Waals surface area contributed by atoms with E-state index in [2.05, 4.69) is 0 Å². The summed E-state index contributed by atoms with van der Waals surface area (Å²) in [6.45, 7) is -1.61. The third-order valence-electron chi connectivity index (χ3n) is 1.34. The van der Waals surface area contributed by atoms with Crippen molar-refractivity contribution >= 4 is 5.78 Å². The Kier molecular flexibility index (Phi) is 4.95. The predicted octanol–water partition coefficient (Wildman–Crippen LogP) is -3.38. The summed E-state index contributed by atoms with van der Waals surface area (Å²) in [5, 5.41) is 42.9. The summed E-state index contributed by atoms with van der Waals surface area (Å²) in [5.41, 5.74) is 0. The molecule has 0 aliphatic rings. The second kappa shape index (κ2) is 5.18. The Morgan fingerprint density at radius 3 is 1.92 bits per heavy atom. The van der Waals surface area contributed by atoms with E-state index in [1.165, 1.54) is 0 Å². The first kappa shape index (κ1) is 11.5. The summed E-state index contributed by atoms with van der Waals surface area (Å²) in [7, 11) is 0. The number of hydrogen-bond donors (Lipinski definition) is 5. The molecule has 0 saturated heterocycles. The van der Waals surface area contributed by atoms with Gasteiger partial charge in [0.15, 0.2) is 5.78 Å². The highest BCUT2D eigenvalue weighted by Gasteiger charge is 2.28. The molecule has 3 atom stereocenters. The van der Waals surface area contributed by atoms with Gasteiger partial charge in [0, 0.05) is 0 Å². The maximum absolute atomic E-state index is 10.7. The summed E-state index contributed by atoms with van der Waals surface area (Å²) in [5.74, 6) is -1.11. The van der Waals surface area contributed by atoms with E-state index in [4.69, 9.17) is 25.5 Å². The van der Waals surface area contributed by atoms with E-state index in [9.17, 15) is 4.79 Å². The van der Waals surface area contributed by atoms with Gasteiger partial charge in [0.25, 0.3) is 0 Å². The van der Waals surface area contributed by atoms with Gasteiger partial charge >= 0.3 is 0 Å². The first-order valence-electron chi connectivity index (χ1n) is 3.34. The van der Waals surface area contributed by atoms with Crippen LogP contribution < -0.4 is 0 Å². The lowest BCUT2D eigenvalue weighted by Gasteiger charge is -2.16. The van der Waals surface area contributed by atoms with Gasteiger partial charge in [0.1, 0.15) is 18.3 Å². The van der Waals surface area contributed by atoms with E-state index in [1.54, 1.807) is 0 Å². The van der Waals surface area contributed by atoms with Crippen molar-refractivity contribution in [3.63, 3.8) is 0 Å². The highest BCUT2D eigenvalue weighted by atomic mass is 16.5. The van der Waals surface area contributed by atoms with Gasteiger partial charge < -0.3 is 25.5 Å². The van der Waals surface area contributed by atoms with Crippen LogP contribution in [0.15, 0.2) is 0 Å². The van der Waals surface area contributed by atoms with Gasteiger partial charge in [-0.3, -0.25) is 4.79 Å². The van der Waals surface area contributed by atoms with Crippen LogP contribution in [0.5, 0.6) is 0 Å². The van der Waals surface area contributed by atoms with Crippen molar-refractivity contribution in [3.8, 4) is 0 Å². The van der Waals surface area contributed by atoms with Crippen molar-refractivity contribution in [1.29, 1.82) is 0 Å². The van der Waals surface area contributed by atoms with Crippen LogP contribution >= 0.6 is 0 Å². The van der Waals surface area contributed by atoms with E-state index < -0.39 is 37.3 Å². The minimum absolute atomic E-state index is 0.787. The van der Waals surface area contributed by atoms with E-state index in [1.807, 2.05) is 0 Å². The number of aliphatic hydroxyl groups is 5. The number of carbonyl (C=O) groups is 1. The van der Waals surface area contributed by atoms with Crippen LogP contribution in [0.25, 0.3) is 0 Å². The van der Waals surface area contributed by atoms with Crippen LogP contribution in [0.1, 0.15) is 0 Å². The monoisotopic (exact) mass is 186 g/mol. The average molecular weight is 186 g/mol. The molecular formula is C6H12O6. The standard InChI is InChI=1S/C6H12O6/c7-1-3(9)5(11)6(12)4(10)2-8/h3-5,7-11H,1-2H2/t3-,4+,5+/m1/s1/i1+1,2+1,3+1,4+1,5+1,6+1. The molecular weight excluding hydrogens is 174 g/mol. The second-order valence-electron chi connectivity index (χ2n) is 2.30. The Bertz CT molecular complexity index is 147. The minimum atomic E-state index is -1.86. The topological polar surface area (TPSA) is 118 Å². The number of carbonyl (C=O) groups excluding carboxylic acids is 1. The number of ketones is 1. The Balaban J connectivity index is 4.09. The summed E-state index contributed by atoms with van der Waals surface area (Å²) in [6, 6.07) is 0. The van der Waals surface area contributed by atoms with Crippen molar-refractivity contribution < 1.29 is 30.3 Å². The third kappa shape index (κ3) is 2.84. The van der Waals surface area contributed by atoms with Crippen molar-refractivity contribution in [1.82, 2.24) is 0 Å². The van der Waals surface area contributed by atoms with Crippen molar-refractivity contribution in [3.05, 3.63) is 0 Å². The molecule has 0 radical (unpaired) electrons. The molecule has 0 saturated carbocycles. The summed E-state index contributed by atoms with van der Waals surface area (Å²) in [6.07, 6.45) is -5.21. The van der Waals surface area contributed by atoms with E-state index in [0.717, 1.165) is 0 Å². The summed E-state index contributed by atoms with van der Waals surface area (Å²) >= 11 is 0. The van der Waals surface area contributed by atoms with Gasteiger partial charge in [-0.1, -0.05) is 0 Å². The van der Waals surface area contributed by atoms with Crippen LogP contribution in [0, 0.1) is 0 Å². The van der Waals surface area contributed by atoms with Crippen LogP contribution in [-0.4, -0.2) is 62.8 Å². The number of hydrogen-bond acceptors (Lipinski definition) is 6. The molecule has 0 aromatic heterocycles. The van der Waals surface area contributed by atoms with Crippen molar-refractivity contribution in [2.75, 3.05) is 13.2 Å². The largest absolute Gasteiger partial charge is 0.394 e. The first-order chi connectivity index (χ1) is 5.54. The minimum Gasteiger partial charge on any atom is -0.394 e. The SMILES string of the molecule is O=[13C]([13C@@H](O)[13C@H](O)[13CH2]O)[13C@@H](O)[13CH2]O. The summed E-state index contributed by atoms with van der Waals surface area (Å²) < 4.78 is 0. The van der Waals surface area contributed by atoms with Crippen LogP contribution in [-0.2, 0) is 4.79 Å². The molecule has 72 valence electrons. The predicted molar refractivity (Wildman–Crippen MR) is 37.2 cm³/mol. The van der Waals surface area contributed by atoms with Crippen LogP contribution in [0.3, 0.4) is 0 Å². The lowest BCUT2D eigenvalue weighted by molar-refractivity contribution is -0.144. The van der Waals surface area contributed by atoms with E-state index >= 15 is 0 Å². The molecule has 6 heteroatoms. The quantitative estimate of drug-likeness (QED) is 0.286. The normalized spacial score (nSPS) is 18.4. The van der Waals surface area contributed by atoms with Gasteiger partial charge in [-0.05, 0) is 0 Å². The molecule has 0 aliphatic heterocycles. The number of rotatable bonds is 5. The van der Waals surface area contributed by atoms with Gasteiger partial charge in [-0.25, -0.2) is 0 Å². The Morgan fingerprint density at radius 1 is 1.08 bits per heavy atom. The van der Waals surface area contributed by atoms with Crippen molar-refractivity contribution in [2.45, 2.75) is 18.3 Å². The smallest absolute Gasteiger partial charge is 0.194 e. The highest BCUT2D eigenvalue weighted by Crippen LogP contribution is 1.98. The molecule has 0 spiro atoms. The molecule has 0 rings (SSSR count). The fraction of sp³-hybridized carbons (Fsp3) is 0.833. The van der Waals surface area contributed by atoms with E-state index in [-0.39, 0.29) is 0 Å². The van der Waals surface area contributed by atoms with Crippen LogP contribution in [0.2, 0.25) is 0 Å². The zero-order chi connectivity index (χ0) is 9.72. The first-order valence-corrected chi connectivity index (χ1v) is 3.34. The fourth-order valence-electron chi connectivity index (χ4n) is 0.577. The van der Waals surface area contributed by atoms with Gasteiger partial charge in [0.05, 0.1) is 13.2 Å². The molecule has 0 fully saturated rings. The van der Waals surface area contributed by atoms with Crippen molar-refractivity contribution in [2.24, 2.45) is 0 Å². The zero-order valence-electron chi connectivity index (χ0n) is 6.29. The Labute approximate surface area is 68.7 Å². The molecule has 0 heterocycles. The number of Topliss-reactive ketones (excluding diaryl/α,β-unsaturated/α-hetero) is 1. The molecule has 0 amide bonds. The number of aliphatic hydroxyl groups excluding tert-OH is 5. The molecule has 0 aliphatic carbocycles. The molecule has 5 N–H and O–H groups in total. The lowest BCUT2D eigenvalue weighted by atomic mass is 11.0. The van der Waals surface area contributed by atoms with Gasteiger partial charge in [0.2, 0.25) is 0 Å². The maximum atomic E-state index is 10.7. The second-order valence-corrected chi connectivity index (χ2v) is 2.30. The van der Waals surface area contributed by atoms with Gasteiger partial charge in [-0.15, -0.1) is 0 Å².